The Kier molecular flexibility index (Phi) is 7.04. The van der Waals surface area contributed by atoms with E-state index in [-0.39, 0.29) is 18.2 Å². The Balaban J connectivity index is 0.00000243. The van der Waals surface area contributed by atoms with E-state index in [1.165, 1.54) is 11.6 Å². The normalized spacial score (nSPS) is 22.8. The van der Waals surface area contributed by atoms with Crippen molar-refractivity contribution in [2.45, 2.75) is 44.4 Å². The highest BCUT2D eigenvalue weighted by Crippen LogP contribution is 2.36. The van der Waals surface area contributed by atoms with Crippen molar-refractivity contribution in [3.63, 3.8) is 0 Å². The van der Waals surface area contributed by atoms with E-state index in [0.29, 0.717) is 31.6 Å². The topological polar surface area (TPSA) is 32.7 Å². The van der Waals surface area contributed by atoms with Crippen molar-refractivity contribution >= 4 is 12.4 Å². The number of hydrogen-bond donors (Lipinski definition) is 1. The van der Waals surface area contributed by atoms with Crippen LogP contribution in [0.3, 0.4) is 0 Å². The lowest BCUT2D eigenvalue weighted by Crippen LogP contribution is -2.46. The third kappa shape index (κ3) is 4.37. The van der Waals surface area contributed by atoms with Gasteiger partial charge in [-0.1, -0.05) is 49.4 Å². The quantitative estimate of drug-likeness (QED) is 0.815. The molecule has 0 bridgehead atoms. The maximum Gasteiger partial charge on any atom is 0.165 e. The third-order valence-corrected chi connectivity index (χ3v) is 5.15. The zero-order chi connectivity index (χ0) is 17.9. The molecule has 0 saturated carbocycles. The number of likely N-dealkylation sites (tertiary alicyclic amines) is 1. The van der Waals surface area contributed by atoms with Crippen LogP contribution < -0.4 is 4.74 Å². The van der Waals surface area contributed by atoms with Crippen LogP contribution in [0.15, 0.2) is 48.5 Å². The molecule has 1 fully saturated rings. The number of rotatable bonds is 6. The van der Waals surface area contributed by atoms with Crippen molar-refractivity contribution in [2.24, 2.45) is 0 Å². The first-order chi connectivity index (χ1) is 12.0. The van der Waals surface area contributed by atoms with Crippen molar-refractivity contribution in [3.05, 3.63) is 65.5 Å². The molecule has 2 atom stereocenters. The van der Waals surface area contributed by atoms with E-state index in [4.69, 9.17) is 4.74 Å². The molecule has 2 aromatic carbocycles. The van der Waals surface area contributed by atoms with Crippen LogP contribution in [-0.4, -0.2) is 35.4 Å². The predicted molar refractivity (Wildman–Crippen MR) is 104 cm³/mol. The standard InChI is InChI=1S/C21H26FNO2.ClH/c1-3-21(14-18(24)15-23(21)2)25-20-17(10-7-11-19(20)22)13-12-16-8-5-4-6-9-16;/h4-11,18,24H,3,12-15H2,1-2H3;1H. The Morgan fingerprint density at radius 2 is 1.88 bits per heavy atom. The minimum atomic E-state index is -0.650. The number of nitrogens with zero attached hydrogens (tertiary/aromatic N) is 1. The largest absolute Gasteiger partial charge is 0.469 e. The van der Waals surface area contributed by atoms with Crippen LogP contribution in [0, 0.1) is 5.82 Å². The number of aliphatic hydroxyl groups excluding tert-OH is 1. The maximum absolute atomic E-state index is 14.6. The smallest absolute Gasteiger partial charge is 0.165 e. The molecule has 0 aromatic heterocycles. The van der Waals surface area contributed by atoms with Crippen molar-refractivity contribution in [3.8, 4) is 5.75 Å². The van der Waals surface area contributed by atoms with Crippen LogP contribution in [0.1, 0.15) is 30.9 Å². The molecule has 26 heavy (non-hydrogen) atoms. The van der Waals surface area contributed by atoms with Crippen molar-refractivity contribution < 1.29 is 14.2 Å². The van der Waals surface area contributed by atoms with Crippen LogP contribution in [0.5, 0.6) is 5.75 Å². The fourth-order valence-corrected chi connectivity index (χ4v) is 3.66. The van der Waals surface area contributed by atoms with Crippen molar-refractivity contribution in [2.75, 3.05) is 13.6 Å². The Labute approximate surface area is 161 Å². The van der Waals surface area contributed by atoms with Gasteiger partial charge in [0.25, 0.3) is 0 Å². The average molecular weight is 380 g/mol. The Bertz CT molecular complexity index is 712. The van der Waals surface area contributed by atoms with Gasteiger partial charge in [-0.05, 0) is 43.5 Å². The van der Waals surface area contributed by atoms with Gasteiger partial charge >= 0.3 is 0 Å². The molecule has 3 nitrogen and oxygen atoms in total. The number of hydrogen-bond acceptors (Lipinski definition) is 3. The lowest BCUT2D eigenvalue weighted by molar-refractivity contribution is -0.0496. The molecule has 1 heterocycles. The van der Waals surface area contributed by atoms with E-state index >= 15 is 0 Å². The van der Waals surface area contributed by atoms with Gasteiger partial charge in [0.05, 0.1) is 6.10 Å². The Morgan fingerprint density at radius 3 is 2.50 bits per heavy atom. The highest BCUT2D eigenvalue weighted by atomic mass is 35.5. The molecule has 0 aliphatic carbocycles. The number of β-amino-alcohol motifs (C(OH)–C–C–N with tert-alkyl or cyclic N) is 1. The number of aliphatic hydroxyl groups is 1. The van der Waals surface area contributed by atoms with Gasteiger partial charge in [-0.25, -0.2) is 4.39 Å². The van der Waals surface area contributed by atoms with Crippen molar-refractivity contribution in [1.82, 2.24) is 4.90 Å². The molecule has 1 saturated heterocycles. The number of ether oxygens (including phenoxy) is 1. The van der Waals surface area contributed by atoms with Gasteiger partial charge in [0.1, 0.15) is 0 Å². The second kappa shape index (κ2) is 8.85. The monoisotopic (exact) mass is 379 g/mol. The van der Waals surface area contributed by atoms with E-state index in [1.54, 1.807) is 6.07 Å². The summed E-state index contributed by atoms with van der Waals surface area (Å²) < 4.78 is 20.8. The first-order valence-corrected chi connectivity index (χ1v) is 8.93. The summed E-state index contributed by atoms with van der Waals surface area (Å²) in [5.41, 5.74) is 1.44. The summed E-state index contributed by atoms with van der Waals surface area (Å²) in [5, 5.41) is 10.0. The summed E-state index contributed by atoms with van der Waals surface area (Å²) in [4.78, 5) is 1.99. The van der Waals surface area contributed by atoms with Gasteiger partial charge in [-0.3, -0.25) is 4.90 Å². The van der Waals surface area contributed by atoms with E-state index < -0.39 is 11.8 Å². The van der Waals surface area contributed by atoms with Crippen LogP contribution in [0.25, 0.3) is 0 Å². The second-order valence-electron chi connectivity index (χ2n) is 6.85. The van der Waals surface area contributed by atoms with E-state index in [0.717, 1.165) is 12.0 Å². The zero-order valence-electron chi connectivity index (χ0n) is 15.3. The Morgan fingerprint density at radius 1 is 1.15 bits per heavy atom. The molecular formula is C21H27ClFNO2. The molecule has 0 spiro atoms. The fourth-order valence-electron chi connectivity index (χ4n) is 3.66. The SMILES string of the molecule is CCC1(Oc2c(F)cccc2CCc2ccccc2)CC(O)CN1C.Cl. The Hall–Kier alpha value is -1.62. The number of para-hydroxylation sites is 1. The fraction of sp³-hybridized carbons (Fsp3) is 0.429. The van der Waals surface area contributed by atoms with Gasteiger partial charge in [0, 0.05) is 13.0 Å². The number of aryl methyl sites for hydroxylation is 2. The molecule has 2 aromatic rings. The summed E-state index contributed by atoms with van der Waals surface area (Å²) in [6.07, 6.45) is 2.28. The first-order valence-electron chi connectivity index (χ1n) is 8.93. The van der Waals surface area contributed by atoms with Crippen LogP contribution >= 0.6 is 12.4 Å². The van der Waals surface area contributed by atoms with Crippen LogP contribution in [0.4, 0.5) is 4.39 Å². The molecule has 5 heteroatoms. The third-order valence-electron chi connectivity index (χ3n) is 5.15. The maximum atomic E-state index is 14.6. The molecule has 0 amide bonds. The van der Waals surface area contributed by atoms with Crippen LogP contribution in [-0.2, 0) is 12.8 Å². The molecule has 3 rings (SSSR count). The number of benzene rings is 2. The number of likely N-dealkylation sites (N-methyl/N-ethyl adjacent to an activating group) is 1. The molecule has 0 radical (unpaired) electrons. The van der Waals surface area contributed by atoms with Gasteiger partial charge in [0.15, 0.2) is 17.3 Å². The molecular weight excluding hydrogens is 353 g/mol. The summed E-state index contributed by atoms with van der Waals surface area (Å²) in [5.74, 6) is -0.0191. The van der Waals surface area contributed by atoms with Gasteiger partial charge < -0.3 is 9.84 Å². The van der Waals surface area contributed by atoms with Gasteiger partial charge in [0.2, 0.25) is 0 Å². The molecule has 1 aliphatic heterocycles. The van der Waals surface area contributed by atoms with Crippen molar-refractivity contribution in [1.29, 1.82) is 0 Å². The molecule has 1 N–H and O–H groups in total. The average Bonchev–Trinajstić information content (AvgIpc) is 2.90. The lowest BCUT2D eigenvalue weighted by Gasteiger charge is -2.36. The minimum Gasteiger partial charge on any atom is -0.469 e. The minimum absolute atomic E-state index is 0. The summed E-state index contributed by atoms with van der Waals surface area (Å²) in [6.45, 7) is 2.56. The van der Waals surface area contributed by atoms with E-state index in [1.807, 2.05) is 43.1 Å². The zero-order valence-corrected chi connectivity index (χ0v) is 16.1. The molecule has 2 unspecified atom stereocenters. The lowest BCUT2D eigenvalue weighted by atomic mass is 10.0. The highest BCUT2D eigenvalue weighted by Gasteiger charge is 2.44. The van der Waals surface area contributed by atoms with Gasteiger partial charge in [-0.2, -0.15) is 0 Å². The second-order valence-corrected chi connectivity index (χ2v) is 6.85. The number of halogens is 2. The van der Waals surface area contributed by atoms with Gasteiger partial charge in [-0.15, -0.1) is 12.4 Å². The summed E-state index contributed by atoms with van der Waals surface area (Å²) in [7, 11) is 1.92. The molecule has 142 valence electrons. The first kappa shape index (κ1) is 20.7. The van der Waals surface area contributed by atoms with E-state index in [9.17, 15) is 9.50 Å². The predicted octanol–water partition coefficient (Wildman–Crippen LogP) is 4.21. The highest BCUT2D eigenvalue weighted by molar-refractivity contribution is 5.85. The summed E-state index contributed by atoms with van der Waals surface area (Å²) in [6, 6.07) is 15.3. The summed E-state index contributed by atoms with van der Waals surface area (Å²) >= 11 is 0. The molecule has 1 aliphatic rings. The van der Waals surface area contributed by atoms with E-state index in [2.05, 4.69) is 12.1 Å². The van der Waals surface area contributed by atoms with Crippen LogP contribution in [0.2, 0.25) is 0 Å².